The fraction of sp³-hybridized carbons (Fsp3) is 0.538. The molecule has 0 unspecified atom stereocenters. The summed E-state index contributed by atoms with van der Waals surface area (Å²) >= 11 is 0. The van der Waals surface area contributed by atoms with Gasteiger partial charge in [0.05, 0.1) is 0 Å². The first-order chi connectivity index (χ1) is 7.31. The molecule has 0 saturated carbocycles. The lowest BCUT2D eigenvalue weighted by atomic mass is 9.98. The number of nitrogens with zero attached hydrogens (tertiary/aromatic N) is 1. The Morgan fingerprint density at radius 3 is 3.07 bits per heavy atom. The van der Waals surface area contributed by atoms with E-state index in [2.05, 4.69) is 30.1 Å². The van der Waals surface area contributed by atoms with Crippen molar-refractivity contribution < 1.29 is 0 Å². The Bertz CT molecular complexity index is 333. The molecule has 0 radical (unpaired) electrons. The molecule has 0 atom stereocenters. The minimum absolute atomic E-state index is 0.785. The van der Waals surface area contributed by atoms with Crippen molar-refractivity contribution in [3.63, 3.8) is 0 Å². The second-order valence-corrected chi connectivity index (χ2v) is 4.38. The number of anilines is 1. The van der Waals surface area contributed by atoms with E-state index in [9.17, 15) is 0 Å². The van der Waals surface area contributed by atoms with Gasteiger partial charge in [0.1, 0.15) is 0 Å². The second-order valence-electron chi connectivity index (χ2n) is 4.38. The molecule has 82 valence electrons. The van der Waals surface area contributed by atoms with Crippen LogP contribution in [-0.2, 0) is 12.8 Å². The highest BCUT2D eigenvalue weighted by Crippen LogP contribution is 2.27. The SMILES string of the molecule is CN1CCCc2ccc(CCCN)cc21. The number of hydrogen-bond donors (Lipinski definition) is 1. The zero-order valence-electron chi connectivity index (χ0n) is 9.50. The van der Waals surface area contributed by atoms with Crippen molar-refractivity contribution in [2.45, 2.75) is 25.7 Å². The zero-order valence-corrected chi connectivity index (χ0v) is 9.50. The summed E-state index contributed by atoms with van der Waals surface area (Å²) in [5.74, 6) is 0. The molecule has 1 aliphatic rings. The molecule has 2 rings (SSSR count). The van der Waals surface area contributed by atoms with Gasteiger partial charge in [-0.3, -0.25) is 0 Å². The minimum Gasteiger partial charge on any atom is -0.374 e. The van der Waals surface area contributed by atoms with Gasteiger partial charge >= 0.3 is 0 Å². The van der Waals surface area contributed by atoms with Gasteiger partial charge in [-0.25, -0.2) is 0 Å². The molecular formula is C13H20N2. The minimum atomic E-state index is 0.785. The monoisotopic (exact) mass is 204 g/mol. The maximum Gasteiger partial charge on any atom is 0.0398 e. The first-order valence-corrected chi connectivity index (χ1v) is 5.84. The third-order valence-electron chi connectivity index (χ3n) is 3.17. The lowest BCUT2D eigenvalue weighted by molar-refractivity contribution is 0.741. The van der Waals surface area contributed by atoms with E-state index in [1.54, 1.807) is 0 Å². The molecule has 0 amide bonds. The van der Waals surface area contributed by atoms with Crippen molar-refractivity contribution in [3.8, 4) is 0 Å². The smallest absolute Gasteiger partial charge is 0.0398 e. The molecule has 1 heterocycles. The number of benzene rings is 1. The summed E-state index contributed by atoms with van der Waals surface area (Å²) in [6.07, 6.45) is 4.71. The molecule has 1 aliphatic heterocycles. The van der Waals surface area contributed by atoms with Gasteiger partial charge in [-0.2, -0.15) is 0 Å². The third-order valence-corrected chi connectivity index (χ3v) is 3.17. The summed E-state index contributed by atoms with van der Waals surface area (Å²) in [6.45, 7) is 1.97. The number of rotatable bonds is 3. The van der Waals surface area contributed by atoms with Gasteiger partial charge in [0.15, 0.2) is 0 Å². The Morgan fingerprint density at radius 1 is 1.40 bits per heavy atom. The van der Waals surface area contributed by atoms with Gasteiger partial charge < -0.3 is 10.6 Å². The van der Waals surface area contributed by atoms with E-state index >= 15 is 0 Å². The Kier molecular flexibility index (Phi) is 3.27. The molecule has 2 nitrogen and oxygen atoms in total. The summed E-state index contributed by atoms with van der Waals surface area (Å²) in [5.41, 5.74) is 9.88. The van der Waals surface area contributed by atoms with Crippen LogP contribution in [0.4, 0.5) is 5.69 Å². The van der Waals surface area contributed by atoms with E-state index < -0.39 is 0 Å². The largest absolute Gasteiger partial charge is 0.374 e. The number of nitrogens with two attached hydrogens (primary N) is 1. The summed E-state index contributed by atoms with van der Waals surface area (Å²) < 4.78 is 0. The zero-order chi connectivity index (χ0) is 10.7. The van der Waals surface area contributed by atoms with Crippen molar-refractivity contribution in [1.82, 2.24) is 0 Å². The molecular weight excluding hydrogens is 184 g/mol. The van der Waals surface area contributed by atoms with Gasteiger partial charge in [-0.05, 0) is 49.4 Å². The quantitative estimate of drug-likeness (QED) is 0.815. The first-order valence-electron chi connectivity index (χ1n) is 5.84. The van der Waals surface area contributed by atoms with Crippen LogP contribution in [0.25, 0.3) is 0 Å². The van der Waals surface area contributed by atoms with Gasteiger partial charge in [-0.1, -0.05) is 12.1 Å². The molecule has 1 aromatic carbocycles. The topological polar surface area (TPSA) is 29.3 Å². The lowest BCUT2D eigenvalue weighted by Crippen LogP contribution is -2.24. The van der Waals surface area contributed by atoms with Crippen LogP contribution >= 0.6 is 0 Å². The van der Waals surface area contributed by atoms with E-state index in [1.165, 1.54) is 36.2 Å². The normalized spacial score (nSPS) is 15.2. The van der Waals surface area contributed by atoms with Crippen LogP contribution < -0.4 is 10.6 Å². The van der Waals surface area contributed by atoms with Crippen LogP contribution in [0.15, 0.2) is 18.2 Å². The Morgan fingerprint density at radius 2 is 2.27 bits per heavy atom. The van der Waals surface area contributed by atoms with Crippen LogP contribution in [0, 0.1) is 0 Å². The summed E-state index contributed by atoms with van der Waals surface area (Å²) in [6, 6.07) is 6.88. The van der Waals surface area contributed by atoms with Crippen LogP contribution in [0.3, 0.4) is 0 Å². The molecule has 0 spiro atoms. The highest BCUT2D eigenvalue weighted by molar-refractivity contribution is 5.56. The molecule has 0 saturated heterocycles. The maximum absolute atomic E-state index is 5.53. The van der Waals surface area contributed by atoms with Crippen LogP contribution in [0.2, 0.25) is 0 Å². The summed E-state index contributed by atoms with van der Waals surface area (Å²) in [5, 5.41) is 0. The Balaban J connectivity index is 2.19. The third kappa shape index (κ3) is 2.32. The van der Waals surface area contributed by atoms with E-state index in [0.29, 0.717) is 0 Å². The number of fused-ring (bicyclic) bond motifs is 1. The van der Waals surface area contributed by atoms with Gasteiger partial charge in [0, 0.05) is 19.3 Å². The maximum atomic E-state index is 5.53. The highest BCUT2D eigenvalue weighted by Gasteiger charge is 2.13. The van der Waals surface area contributed by atoms with E-state index in [4.69, 9.17) is 5.73 Å². The Labute approximate surface area is 92.1 Å². The average Bonchev–Trinajstić information content (AvgIpc) is 2.27. The fourth-order valence-corrected chi connectivity index (χ4v) is 2.26. The van der Waals surface area contributed by atoms with E-state index in [1.807, 2.05) is 0 Å². The van der Waals surface area contributed by atoms with Crippen LogP contribution in [0.1, 0.15) is 24.0 Å². The lowest BCUT2D eigenvalue weighted by Gasteiger charge is -2.28. The second kappa shape index (κ2) is 4.67. The van der Waals surface area contributed by atoms with Crippen molar-refractivity contribution in [2.75, 3.05) is 25.0 Å². The predicted octanol–water partition coefficient (Wildman–Crippen LogP) is 1.96. The van der Waals surface area contributed by atoms with Crippen LogP contribution in [0.5, 0.6) is 0 Å². The van der Waals surface area contributed by atoms with Crippen molar-refractivity contribution >= 4 is 5.69 Å². The van der Waals surface area contributed by atoms with E-state index in [0.717, 1.165) is 19.4 Å². The average molecular weight is 204 g/mol. The molecule has 0 fully saturated rings. The van der Waals surface area contributed by atoms with Crippen LogP contribution in [-0.4, -0.2) is 20.1 Å². The van der Waals surface area contributed by atoms with Crippen molar-refractivity contribution in [1.29, 1.82) is 0 Å². The number of hydrogen-bond acceptors (Lipinski definition) is 2. The molecule has 2 N–H and O–H groups in total. The molecule has 2 heteroatoms. The predicted molar refractivity (Wildman–Crippen MR) is 65.4 cm³/mol. The Hall–Kier alpha value is -1.02. The van der Waals surface area contributed by atoms with Gasteiger partial charge in [-0.15, -0.1) is 0 Å². The molecule has 0 bridgehead atoms. The highest BCUT2D eigenvalue weighted by atomic mass is 15.1. The molecule has 15 heavy (non-hydrogen) atoms. The molecule has 0 aliphatic carbocycles. The van der Waals surface area contributed by atoms with Gasteiger partial charge in [0.25, 0.3) is 0 Å². The summed E-state index contributed by atoms with van der Waals surface area (Å²) in [7, 11) is 2.19. The van der Waals surface area contributed by atoms with Crippen molar-refractivity contribution in [3.05, 3.63) is 29.3 Å². The molecule has 1 aromatic rings. The standard InChI is InChI=1S/C13H20N2/c1-15-9-3-5-12-7-6-11(4-2-8-14)10-13(12)15/h6-7,10H,2-5,8-9,14H2,1H3. The fourth-order valence-electron chi connectivity index (χ4n) is 2.26. The number of aryl methyl sites for hydroxylation is 2. The van der Waals surface area contributed by atoms with E-state index in [-0.39, 0.29) is 0 Å². The van der Waals surface area contributed by atoms with Crippen molar-refractivity contribution in [2.24, 2.45) is 5.73 Å². The summed E-state index contributed by atoms with van der Waals surface area (Å²) in [4.78, 5) is 2.37. The van der Waals surface area contributed by atoms with Gasteiger partial charge in [0.2, 0.25) is 0 Å². The first kappa shape index (κ1) is 10.5. The molecule has 0 aromatic heterocycles.